The first-order valence-corrected chi connectivity index (χ1v) is 13.1. The number of aromatic nitrogens is 5. The van der Waals surface area contributed by atoms with Crippen LogP contribution < -0.4 is 10.6 Å². The normalized spacial score (nSPS) is 19.2. The van der Waals surface area contributed by atoms with Crippen LogP contribution in [-0.4, -0.2) is 48.7 Å². The number of amides is 2. The molecule has 40 heavy (non-hydrogen) atoms. The Balaban J connectivity index is 1.39. The molecular weight excluding hydrogens is 537 g/mol. The van der Waals surface area contributed by atoms with Crippen molar-refractivity contribution in [1.82, 2.24) is 35.4 Å². The Labute approximate surface area is 226 Å². The first-order chi connectivity index (χ1) is 19.0. The van der Waals surface area contributed by atoms with Crippen molar-refractivity contribution in [2.24, 2.45) is 11.8 Å². The molecule has 2 aliphatic rings. The lowest BCUT2D eigenvalue weighted by molar-refractivity contribution is -0.144. The highest BCUT2D eigenvalue weighted by Crippen LogP contribution is 2.43. The highest BCUT2D eigenvalue weighted by atomic mass is 19.4. The predicted octanol–water partition coefficient (Wildman–Crippen LogP) is 4.73. The molecule has 214 valence electrons. The van der Waals surface area contributed by atoms with Crippen molar-refractivity contribution in [2.45, 2.75) is 75.5 Å². The lowest BCUT2D eigenvalue weighted by Crippen LogP contribution is -2.37. The van der Waals surface area contributed by atoms with Gasteiger partial charge >= 0.3 is 6.18 Å². The van der Waals surface area contributed by atoms with Crippen LogP contribution in [0.25, 0.3) is 5.65 Å². The Morgan fingerprint density at radius 1 is 1.02 bits per heavy atom. The molecule has 0 bridgehead atoms. The summed E-state index contributed by atoms with van der Waals surface area (Å²) in [6.07, 6.45) is 0.961. The molecule has 3 heterocycles. The number of carbonyl (C=O) groups excluding carboxylic acids is 2. The lowest BCUT2D eigenvalue weighted by Gasteiger charge is -2.33. The molecule has 0 radical (unpaired) electrons. The summed E-state index contributed by atoms with van der Waals surface area (Å²) in [5.74, 6) is -4.11. The van der Waals surface area contributed by atoms with Crippen molar-refractivity contribution < 1.29 is 31.5 Å². The number of halogens is 5. The molecule has 2 N–H and O–H groups in total. The van der Waals surface area contributed by atoms with E-state index in [0.717, 1.165) is 12.8 Å². The molecule has 3 aromatic rings. The monoisotopic (exact) mass is 565 g/mol. The second-order valence-corrected chi connectivity index (χ2v) is 10.5. The Kier molecular flexibility index (Phi) is 7.69. The first-order valence-electron chi connectivity index (χ1n) is 13.1. The van der Waals surface area contributed by atoms with Gasteiger partial charge in [0.2, 0.25) is 11.8 Å². The van der Waals surface area contributed by atoms with Crippen LogP contribution in [0, 0.1) is 11.8 Å². The van der Waals surface area contributed by atoms with Crippen molar-refractivity contribution in [1.29, 1.82) is 0 Å². The minimum atomic E-state index is -4.42. The first kappa shape index (κ1) is 27.8. The van der Waals surface area contributed by atoms with Gasteiger partial charge in [0.1, 0.15) is 0 Å². The Morgan fingerprint density at radius 2 is 1.75 bits per heavy atom. The zero-order chi connectivity index (χ0) is 28.5. The number of hydrogen-bond acceptors (Lipinski definition) is 6. The fraction of sp³-hybridized carbons (Fsp3) is 0.538. The van der Waals surface area contributed by atoms with Crippen LogP contribution in [0.4, 0.5) is 22.0 Å². The van der Waals surface area contributed by atoms with Gasteiger partial charge in [0.25, 0.3) is 5.91 Å². The Hall–Kier alpha value is -3.71. The minimum absolute atomic E-state index is 0.0819. The molecule has 0 aromatic carbocycles. The van der Waals surface area contributed by atoms with Crippen LogP contribution >= 0.6 is 0 Å². The molecule has 2 amide bonds. The molecule has 2 aliphatic carbocycles. The summed E-state index contributed by atoms with van der Waals surface area (Å²) in [6, 6.07) is 2.01. The van der Waals surface area contributed by atoms with Crippen molar-refractivity contribution in [3.05, 3.63) is 53.7 Å². The maximum atomic E-state index is 13.9. The number of imidazole rings is 1. The van der Waals surface area contributed by atoms with Crippen LogP contribution in [0.15, 0.2) is 36.9 Å². The maximum absolute atomic E-state index is 13.9. The third kappa shape index (κ3) is 6.89. The maximum Gasteiger partial charge on any atom is 0.389 e. The topological polar surface area (TPSA) is 114 Å². The third-order valence-corrected chi connectivity index (χ3v) is 7.45. The summed E-state index contributed by atoms with van der Waals surface area (Å²) in [4.78, 5) is 29.9. The van der Waals surface area contributed by atoms with E-state index < -0.39 is 48.8 Å². The zero-order valence-electron chi connectivity index (χ0n) is 21.4. The van der Waals surface area contributed by atoms with E-state index in [1.165, 1.54) is 29.2 Å². The molecule has 2 fully saturated rings. The summed E-state index contributed by atoms with van der Waals surface area (Å²) in [7, 11) is 0. The largest absolute Gasteiger partial charge is 0.389 e. The average molecular weight is 566 g/mol. The molecule has 9 nitrogen and oxygen atoms in total. The van der Waals surface area contributed by atoms with E-state index in [9.17, 15) is 31.5 Å². The molecule has 0 spiro atoms. The van der Waals surface area contributed by atoms with Gasteiger partial charge in [-0.1, -0.05) is 0 Å². The average Bonchev–Trinajstić information content (AvgIpc) is 3.67. The third-order valence-electron chi connectivity index (χ3n) is 7.45. The fourth-order valence-electron chi connectivity index (χ4n) is 5.11. The van der Waals surface area contributed by atoms with Crippen molar-refractivity contribution in [2.75, 3.05) is 0 Å². The van der Waals surface area contributed by atoms with E-state index in [2.05, 4.69) is 30.9 Å². The second-order valence-electron chi connectivity index (χ2n) is 10.5. The second kappa shape index (κ2) is 11.0. The summed E-state index contributed by atoms with van der Waals surface area (Å²) < 4.78 is 67.0. The van der Waals surface area contributed by atoms with Crippen molar-refractivity contribution in [3.8, 4) is 0 Å². The molecule has 0 aliphatic heterocycles. The number of nitrogens with one attached hydrogen (secondary N) is 2. The van der Waals surface area contributed by atoms with Gasteiger partial charge in [-0.2, -0.15) is 28.5 Å². The minimum Gasteiger partial charge on any atom is -0.349 e. The van der Waals surface area contributed by atoms with Gasteiger partial charge in [0.15, 0.2) is 5.65 Å². The van der Waals surface area contributed by atoms with E-state index in [4.69, 9.17) is 0 Å². The number of rotatable bonds is 9. The Bertz CT molecular complexity index is 1350. The SMILES string of the molecule is O=C(CCC(F)(F)F)NC(c1cnn2cc([C@@H](NC(=O)c3ccnnc3)C3CCC(F)(F)CC3)nc2c1)C1CC1. The number of nitrogens with zero attached hydrogens (tertiary/aromatic N) is 5. The Morgan fingerprint density at radius 3 is 2.40 bits per heavy atom. The molecule has 1 unspecified atom stereocenters. The van der Waals surface area contributed by atoms with Crippen LogP contribution in [0.3, 0.4) is 0 Å². The molecule has 3 aromatic heterocycles. The van der Waals surface area contributed by atoms with Gasteiger partial charge in [0.05, 0.1) is 54.5 Å². The standard InChI is InChI=1S/C26H28F5N7O2/c27-25(28)7-3-16(4-8-25)23(37-24(40)17-6-10-32-33-12-17)19-14-38-20(35-19)11-18(13-34-38)22(15-1-2-15)36-21(39)5-9-26(29,30)31/h6,10-16,22-23H,1-5,7-9H2,(H,36,39)(H,37,40)/t22?,23-/m0/s1. The van der Waals surface area contributed by atoms with Gasteiger partial charge in [0, 0.05) is 19.3 Å². The smallest absolute Gasteiger partial charge is 0.349 e. The molecular formula is C26H28F5N7O2. The highest BCUT2D eigenvalue weighted by molar-refractivity contribution is 5.94. The van der Waals surface area contributed by atoms with Gasteiger partial charge in [-0.15, -0.1) is 0 Å². The van der Waals surface area contributed by atoms with E-state index >= 15 is 0 Å². The van der Waals surface area contributed by atoms with E-state index in [1.807, 2.05) is 0 Å². The molecule has 2 saturated carbocycles. The van der Waals surface area contributed by atoms with Gasteiger partial charge < -0.3 is 10.6 Å². The van der Waals surface area contributed by atoms with Gasteiger partial charge in [-0.25, -0.2) is 18.3 Å². The summed E-state index contributed by atoms with van der Waals surface area (Å²) in [5, 5.41) is 17.4. The van der Waals surface area contributed by atoms with Gasteiger partial charge in [-0.05, 0) is 55.2 Å². The van der Waals surface area contributed by atoms with Crippen LogP contribution in [-0.2, 0) is 4.79 Å². The van der Waals surface area contributed by atoms with Gasteiger partial charge in [-0.3, -0.25) is 9.59 Å². The quantitative estimate of drug-likeness (QED) is 0.363. The molecule has 14 heteroatoms. The van der Waals surface area contributed by atoms with Crippen LogP contribution in [0.2, 0.25) is 0 Å². The fourth-order valence-corrected chi connectivity index (χ4v) is 5.11. The number of fused-ring (bicyclic) bond motifs is 1. The van der Waals surface area contributed by atoms with E-state index in [-0.39, 0.29) is 43.1 Å². The summed E-state index contributed by atoms with van der Waals surface area (Å²) in [5.41, 5.74) is 1.70. The summed E-state index contributed by atoms with van der Waals surface area (Å²) in [6.45, 7) is 0. The zero-order valence-corrected chi connectivity index (χ0v) is 21.4. The van der Waals surface area contributed by atoms with E-state index in [1.54, 1.807) is 12.3 Å². The highest BCUT2D eigenvalue weighted by Gasteiger charge is 2.40. The van der Waals surface area contributed by atoms with Crippen molar-refractivity contribution >= 4 is 17.5 Å². The van der Waals surface area contributed by atoms with E-state index in [0.29, 0.717) is 16.9 Å². The number of hydrogen-bond donors (Lipinski definition) is 2. The molecule has 5 rings (SSSR count). The predicted molar refractivity (Wildman–Crippen MR) is 131 cm³/mol. The molecule has 2 atom stereocenters. The number of alkyl halides is 5. The number of carbonyl (C=O) groups is 2. The molecule has 0 saturated heterocycles. The van der Waals surface area contributed by atoms with Crippen molar-refractivity contribution in [3.63, 3.8) is 0 Å². The van der Waals surface area contributed by atoms with Crippen LogP contribution in [0.1, 0.15) is 85.1 Å². The van der Waals surface area contributed by atoms with Crippen LogP contribution in [0.5, 0.6) is 0 Å². The summed E-state index contributed by atoms with van der Waals surface area (Å²) >= 11 is 0. The lowest BCUT2D eigenvalue weighted by atomic mass is 9.81.